The van der Waals surface area contributed by atoms with Crippen molar-refractivity contribution in [3.63, 3.8) is 0 Å². The Hall–Kier alpha value is -2.44. The zero-order chi connectivity index (χ0) is 23.7. The van der Waals surface area contributed by atoms with Crippen molar-refractivity contribution in [2.45, 2.75) is 45.7 Å². The maximum atomic E-state index is 13.3. The molecule has 32 heavy (non-hydrogen) atoms. The van der Waals surface area contributed by atoms with Crippen molar-refractivity contribution in [3.05, 3.63) is 57.6 Å². The standard InChI is InChI=1S/C24H30Cl2N2O4/c1-5-20(24(30)27-6-2)28(15-17-7-10-18(25)19(26)13-17)23(29)12-9-16-8-11-21(31-3)22(14-16)32-4/h7-8,10-11,13-14,20H,5-6,9,12,15H2,1-4H3,(H,27,30). The van der Waals surface area contributed by atoms with Crippen LogP contribution in [0.2, 0.25) is 10.0 Å². The molecular weight excluding hydrogens is 451 g/mol. The molecule has 2 amide bonds. The van der Waals surface area contributed by atoms with Crippen LogP contribution in [0, 0.1) is 0 Å². The number of nitrogens with one attached hydrogen (secondary N) is 1. The van der Waals surface area contributed by atoms with Gasteiger partial charge in [0.25, 0.3) is 0 Å². The monoisotopic (exact) mass is 480 g/mol. The fraction of sp³-hybridized carbons (Fsp3) is 0.417. The highest BCUT2D eigenvalue weighted by Crippen LogP contribution is 2.28. The van der Waals surface area contributed by atoms with Crippen LogP contribution in [0.25, 0.3) is 0 Å². The Labute approximate surface area is 199 Å². The van der Waals surface area contributed by atoms with Crippen molar-refractivity contribution in [1.82, 2.24) is 10.2 Å². The second kappa shape index (κ2) is 12.6. The lowest BCUT2D eigenvalue weighted by Gasteiger charge is -2.30. The van der Waals surface area contributed by atoms with Crippen LogP contribution >= 0.6 is 23.2 Å². The minimum absolute atomic E-state index is 0.121. The second-order valence-corrected chi connectivity index (χ2v) is 8.09. The van der Waals surface area contributed by atoms with Crippen LogP contribution in [0.4, 0.5) is 0 Å². The van der Waals surface area contributed by atoms with E-state index in [4.69, 9.17) is 32.7 Å². The Bertz CT molecular complexity index is 936. The smallest absolute Gasteiger partial charge is 0.242 e. The Kier molecular flexibility index (Phi) is 10.1. The summed E-state index contributed by atoms with van der Waals surface area (Å²) in [7, 11) is 3.15. The summed E-state index contributed by atoms with van der Waals surface area (Å²) in [6.07, 6.45) is 1.24. The topological polar surface area (TPSA) is 67.9 Å². The number of carbonyl (C=O) groups excluding carboxylic acids is 2. The highest BCUT2D eigenvalue weighted by molar-refractivity contribution is 6.42. The first-order valence-electron chi connectivity index (χ1n) is 10.6. The molecule has 6 nitrogen and oxygen atoms in total. The van der Waals surface area contributed by atoms with E-state index in [0.29, 0.717) is 40.9 Å². The zero-order valence-electron chi connectivity index (χ0n) is 18.9. The average molecular weight is 481 g/mol. The van der Waals surface area contributed by atoms with Gasteiger partial charge in [-0.2, -0.15) is 0 Å². The molecule has 1 N–H and O–H groups in total. The second-order valence-electron chi connectivity index (χ2n) is 7.28. The van der Waals surface area contributed by atoms with Crippen LogP contribution < -0.4 is 14.8 Å². The van der Waals surface area contributed by atoms with Crippen molar-refractivity contribution in [3.8, 4) is 11.5 Å². The molecule has 0 bridgehead atoms. The molecule has 8 heteroatoms. The summed E-state index contributed by atoms with van der Waals surface area (Å²) < 4.78 is 10.6. The van der Waals surface area contributed by atoms with Crippen molar-refractivity contribution in [1.29, 1.82) is 0 Å². The third-order valence-corrected chi connectivity index (χ3v) is 5.89. The highest BCUT2D eigenvalue weighted by Gasteiger charge is 2.28. The van der Waals surface area contributed by atoms with E-state index in [1.165, 1.54) is 0 Å². The molecule has 1 unspecified atom stereocenters. The molecule has 0 aliphatic heterocycles. The lowest BCUT2D eigenvalue weighted by molar-refractivity contribution is -0.141. The van der Waals surface area contributed by atoms with Crippen molar-refractivity contribution < 1.29 is 19.1 Å². The van der Waals surface area contributed by atoms with Gasteiger partial charge in [-0.25, -0.2) is 0 Å². The summed E-state index contributed by atoms with van der Waals surface area (Å²) in [4.78, 5) is 27.6. The molecule has 1 atom stereocenters. The molecule has 0 aliphatic rings. The van der Waals surface area contributed by atoms with E-state index in [9.17, 15) is 9.59 Å². The minimum atomic E-state index is -0.581. The van der Waals surface area contributed by atoms with Gasteiger partial charge in [0.2, 0.25) is 11.8 Å². The molecule has 0 fully saturated rings. The molecule has 0 aliphatic carbocycles. The number of hydrogen-bond acceptors (Lipinski definition) is 4. The van der Waals surface area contributed by atoms with Gasteiger partial charge in [0.1, 0.15) is 6.04 Å². The summed E-state index contributed by atoms with van der Waals surface area (Å²) in [5.74, 6) is 0.948. The highest BCUT2D eigenvalue weighted by atomic mass is 35.5. The molecule has 2 aromatic carbocycles. The minimum Gasteiger partial charge on any atom is -0.493 e. The Morgan fingerprint density at radius 1 is 0.969 bits per heavy atom. The van der Waals surface area contributed by atoms with Gasteiger partial charge in [-0.1, -0.05) is 42.3 Å². The lowest BCUT2D eigenvalue weighted by atomic mass is 10.1. The average Bonchev–Trinajstić information content (AvgIpc) is 2.79. The van der Waals surface area contributed by atoms with Gasteiger partial charge in [-0.15, -0.1) is 0 Å². The number of benzene rings is 2. The predicted molar refractivity (Wildman–Crippen MR) is 128 cm³/mol. The number of likely N-dealkylation sites (N-methyl/N-ethyl adjacent to an activating group) is 1. The first-order valence-corrected chi connectivity index (χ1v) is 11.3. The molecule has 0 heterocycles. The van der Waals surface area contributed by atoms with Crippen LogP contribution in [-0.4, -0.2) is 43.5 Å². The molecule has 174 valence electrons. The summed E-state index contributed by atoms with van der Waals surface area (Å²) in [6.45, 7) is 4.50. The van der Waals surface area contributed by atoms with Crippen molar-refractivity contribution in [2.75, 3.05) is 20.8 Å². The number of hydrogen-bond donors (Lipinski definition) is 1. The third kappa shape index (κ3) is 6.78. The first-order chi connectivity index (χ1) is 15.3. The van der Waals surface area contributed by atoms with Crippen LogP contribution in [0.15, 0.2) is 36.4 Å². The van der Waals surface area contributed by atoms with E-state index in [0.717, 1.165) is 11.1 Å². The maximum absolute atomic E-state index is 13.3. The van der Waals surface area contributed by atoms with E-state index in [1.807, 2.05) is 38.1 Å². The molecule has 2 aromatic rings. The van der Waals surface area contributed by atoms with Gasteiger partial charge in [0, 0.05) is 19.5 Å². The lowest BCUT2D eigenvalue weighted by Crippen LogP contribution is -2.49. The van der Waals surface area contributed by atoms with E-state index >= 15 is 0 Å². The van der Waals surface area contributed by atoms with Crippen LogP contribution in [-0.2, 0) is 22.6 Å². The SMILES string of the molecule is CCNC(=O)C(CC)N(Cc1ccc(Cl)c(Cl)c1)C(=O)CCc1ccc(OC)c(OC)c1. The normalized spacial score (nSPS) is 11.6. The van der Waals surface area contributed by atoms with Gasteiger partial charge < -0.3 is 19.7 Å². The maximum Gasteiger partial charge on any atom is 0.242 e. The molecule has 0 spiro atoms. The predicted octanol–water partition coefficient (Wildman–Crippen LogP) is 4.89. The number of methoxy groups -OCH3 is 2. The fourth-order valence-corrected chi connectivity index (χ4v) is 3.80. The molecule has 0 radical (unpaired) electrons. The van der Waals surface area contributed by atoms with Gasteiger partial charge in [-0.05, 0) is 55.2 Å². The van der Waals surface area contributed by atoms with Gasteiger partial charge in [-0.3, -0.25) is 9.59 Å². The first kappa shape index (κ1) is 25.8. The zero-order valence-corrected chi connectivity index (χ0v) is 20.4. The fourth-order valence-electron chi connectivity index (χ4n) is 3.48. The molecule has 2 rings (SSSR count). The molecular formula is C24H30Cl2N2O4. The van der Waals surface area contributed by atoms with E-state index in [1.54, 1.807) is 31.3 Å². The van der Waals surface area contributed by atoms with Crippen molar-refractivity contribution >= 4 is 35.0 Å². The Morgan fingerprint density at radius 2 is 1.66 bits per heavy atom. The Morgan fingerprint density at radius 3 is 2.25 bits per heavy atom. The summed E-state index contributed by atoms with van der Waals surface area (Å²) in [5.41, 5.74) is 1.75. The van der Waals surface area contributed by atoms with E-state index < -0.39 is 6.04 Å². The number of nitrogens with zero attached hydrogens (tertiary/aromatic N) is 1. The van der Waals surface area contributed by atoms with Gasteiger partial charge >= 0.3 is 0 Å². The molecule has 0 saturated heterocycles. The number of halogens is 2. The van der Waals surface area contributed by atoms with Crippen molar-refractivity contribution in [2.24, 2.45) is 0 Å². The molecule has 0 saturated carbocycles. The van der Waals surface area contributed by atoms with Gasteiger partial charge in [0.05, 0.1) is 24.3 Å². The summed E-state index contributed by atoms with van der Waals surface area (Å²) in [5, 5.41) is 3.68. The number of carbonyl (C=O) groups is 2. The van der Waals surface area contributed by atoms with Crippen LogP contribution in [0.3, 0.4) is 0 Å². The number of rotatable bonds is 11. The number of amides is 2. The number of aryl methyl sites for hydroxylation is 1. The van der Waals surface area contributed by atoms with Gasteiger partial charge in [0.15, 0.2) is 11.5 Å². The van der Waals surface area contributed by atoms with Crippen LogP contribution in [0.1, 0.15) is 37.8 Å². The Balaban J connectivity index is 2.24. The summed E-state index contributed by atoms with van der Waals surface area (Å²) in [6, 6.07) is 10.2. The molecule has 0 aromatic heterocycles. The van der Waals surface area contributed by atoms with E-state index in [2.05, 4.69) is 5.32 Å². The van der Waals surface area contributed by atoms with Crippen LogP contribution in [0.5, 0.6) is 11.5 Å². The number of ether oxygens (including phenoxy) is 2. The largest absolute Gasteiger partial charge is 0.493 e. The third-order valence-electron chi connectivity index (χ3n) is 5.15. The summed E-state index contributed by atoms with van der Waals surface area (Å²) >= 11 is 12.2. The quantitative estimate of drug-likeness (QED) is 0.497. The van der Waals surface area contributed by atoms with E-state index in [-0.39, 0.29) is 24.8 Å².